The van der Waals surface area contributed by atoms with Gasteiger partial charge < -0.3 is 5.32 Å². The molecule has 1 N–H and O–H groups in total. The summed E-state index contributed by atoms with van der Waals surface area (Å²) in [5.41, 5.74) is 3.65. The Labute approximate surface area is 213 Å². The number of halogens is 2. The van der Waals surface area contributed by atoms with Crippen molar-refractivity contribution in [3.63, 3.8) is 0 Å². The Balaban J connectivity index is 1.60. The maximum absolute atomic E-state index is 12.6. The number of para-hydroxylation sites is 1. The number of amides is 1. The number of hydrogen-bond acceptors (Lipinski definition) is 4. The second kappa shape index (κ2) is 10.2. The minimum Gasteiger partial charge on any atom is -0.324 e. The van der Waals surface area contributed by atoms with E-state index in [0.29, 0.717) is 26.7 Å². The first kappa shape index (κ1) is 24.3. The highest BCUT2D eigenvalue weighted by Crippen LogP contribution is 2.31. The second-order valence-electron chi connectivity index (χ2n) is 8.77. The van der Waals surface area contributed by atoms with Gasteiger partial charge in [-0.15, -0.1) is 10.2 Å². The first-order valence-electron chi connectivity index (χ1n) is 10.7. The summed E-state index contributed by atoms with van der Waals surface area (Å²) >= 11 is 13.5. The fourth-order valence-electron chi connectivity index (χ4n) is 3.39. The van der Waals surface area contributed by atoms with Crippen molar-refractivity contribution in [2.24, 2.45) is 0 Å². The van der Waals surface area contributed by atoms with Gasteiger partial charge in [-0.1, -0.05) is 98.2 Å². The summed E-state index contributed by atoms with van der Waals surface area (Å²) in [6, 6.07) is 23.2. The molecule has 0 saturated heterocycles. The maximum atomic E-state index is 12.6. The third-order valence-corrected chi connectivity index (χ3v) is 6.69. The first-order chi connectivity index (χ1) is 16.2. The lowest BCUT2D eigenvalue weighted by Gasteiger charge is -2.19. The average Bonchev–Trinajstić information content (AvgIpc) is 3.24. The molecule has 34 heavy (non-hydrogen) atoms. The molecule has 0 fully saturated rings. The van der Waals surface area contributed by atoms with Gasteiger partial charge >= 0.3 is 0 Å². The highest BCUT2D eigenvalue weighted by Gasteiger charge is 2.19. The van der Waals surface area contributed by atoms with Crippen LogP contribution in [0, 0.1) is 0 Å². The molecule has 1 aromatic heterocycles. The Kier molecular flexibility index (Phi) is 7.31. The monoisotopic (exact) mass is 510 g/mol. The molecule has 3 aromatic carbocycles. The zero-order chi connectivity index (χ0) is 24.3. The van der Waals surface area contributed by atoms with Crippen molar-refractivity contribution in [1.82, 2.24) is 14.8 Å². The zero-order valence-corrected chi connectivity index (χ0v) is 21.4. The van der Waals surface area contributed by atoms with E-state index >= 15 is 0 Å². The number of aromatic nitrogens is 3. The molecule has 1 heterocycles. The van der Waals surface area contributed by atoms with Gasteiger partial charge in [0.25, 0.3) is 0 Å². The van der Waals surface area contributed by atoms with Crippen LogP contribution in [0.15, 0.2) is 78.0 Å². The molecule has 0 bridgehead atoms. The summed E-state index contributed by atoms with van der Waals surface area (Å²) in [5, 5.41) is 13.2. The van der Waals surface area contributed by atoms with Crippen molar-refractivity contribution in [1.29, 1.82) is 0 Å². The number of benzene rings is 3. The van der Waals surface area contributed by atoms with Crippen LogP contribution in [0.5, 0.6) is 0 Å². The van der Waals surface area contributed by atoms with Gasteiger partial charge in [-0.25, -0.2) is 0 Å². The molecule has 174 valence electrons. The molecule has 4 rings (SSSR count). The summed E-state index contributed by atoms with van der Waals surface area (Å²) in [5.74, 6) is 0.636. The summed E-state index contributed by atoms with van der Waals surface area (Å²) in [4.78, 5) is 12.6. The lowest BCUT2D eigenvalue weighted by molar-refractivity contribution is -0.113. The summed E-state index contributed by atoms with van der Waals surface area (Å²) in [6.45, 7) is 6.56. The van der Waals surface area contributed by atoms with Crippen LogP contribution in [0.4, 0.5) is 5.69 Å². The number of carbonyl (C=O) groups is 1. The van der Waals surface area contributed by atoms with Crippen LogP contribution in [-0.4, -0.2) is 26.4 Å². The molecule has 0 unspecified atom stereocenters. The van der Waals surface area contributed by atoms with Crippen molar-refractivity contribution in [2.45, 2.75) is 31.3 Å². The van der Waals surface area contributed by atoms with E-state index in [0.717, 1.165) is 11.3 Å². The van der Waals surface area contributed by atoms with Crippen LogP contribution >= 0.6 is 35.0 Å². The van der Waals surface area contributed by atoms with Crippen LogP contribution in [0.1, 0.15) is 26.3 Å². The van der Waals surface area contributed by atoms with Crippen LogP contribution in [0.2, 0.25) is 10.0 Å². The van der Waals surface area contributed by atoms with E-state index in [9.17, 15) is 4.79 Å². The van der Waals surface area contributed by atoms with Gasteiger partial charge in [-0.2, -0.15) is 0 Å². The minimum absolute atomic E-state index is 0.0614. The average molecular weight is 511 g/mol. The van der Waals surface area contributed by atoms with Gasteiger partial charge in [0.05, 0.1) is 16.5 Å². The van der Waals surface area contributed by atoms with Crippen molar-refractivity contribution < 1.29 is 4.79 Å². The second-order valence-corrected chi connectivity index (χ2v) is 10.6. The third-order valence-electron chi connectivity index (χ3n) is 5.19. The van der Waals surface area contributed by atoms with E-state index in [1.807, 2.05) is 34.9 Å². The highest BCUT2D eigenvalue weighted by atomic mass is 35.5. The van der Waals surface area contributed by atoms with Crippen molar-refractivity contribution in [3.05, 3.63) is 88.4 Å². The quantitative estimate of drug-likeness (QED) is 0.277. The normalized spacial score (nSPS) is 11.4. The molecule has 5 nitrogen and oxygen atoms in total. The molecule has 0 spiro atoms. The van der Waals surface area contributed by atoms with Gasteiger partial charge in [0.15, 0.2) is 11.0 Å². The number of nitrogens with zero attached hydrogens (tertiary/aromatic N) is 3. The maximum Gasteiger partial charge on any atom is 0.234 e. The number of hydrogen-bond donors (Lipinski definition) is 1. The Hall–Kier alpha value is -2.80. The van der Waals surface area contributed by atoms with Crippen molar-refractivity contribution >= 4 is 46.6 Å². The van der Waals surface area contributed by atoms with Crippen LogP contribution < -0.4 is 5.32 Å². The van der Waals surface area contributed by atoms with Crippen molar-refractivity contribution in [2.75, 3.05) is 11.1 Å². The molecule has 1 amide bonds. The molecule has 0 atom stereocenters. The Morgan fingerprint density at radius 2 is 1.68 bits per heavy atom. The fourth-order valence-corrected chi connectivity index (χ4v) is 4.48. The highest BCUT2D eigenvalue weighted by molar-refractivity contribution is 7.99. The molecular formula is C26H24Cl2N4OS. The van der Waals surface area contributed by atoms with Gasteiger partial charge in [0.1, 0.15) is 0 Å². The fraction of sp³-hybridized carbons (Fsp3) is 0.192. The van der Waals surface area contributed by atoms with E-state index in [4.69, 9.17) is 23.2 Å². The Morgan fingerprint density at radius 1 is 0.971 bits per heavy atom. The number of carbonyl (C=O) groups excluding carboxylic acids is 1. The minimum atomic E-state index is -0.215. The number of anilines is 1. The third kappa shape index (κ3) is 5.63. The smallest absolute Gasteiger partial charge is 0.234 e. The van der Waals surface area contributed by atoms with E-state index in [-0.39, 0.29) is 17.1 Å². The molecular weight excluding hydrogens is 487 g/mol. The van der Waals surface area contributed by atoms with Crippen molar-refractivity contribution in [3.8, 4) is 17.1 Å². The molecule has 8 heteroatoms. The van der Waals surface area contributed by atoms with E-state index in [1.165, 1.54) is 17.3 Å². The number of rotatable bonds is 6. The SMILES string of the molecule is CC(C)(C)c1ccc(-c2nnc(SCC(=O)Nc3cc(Cl)ccc3Cl)n2-c2ccccc2)cc1. The lowest BCUT2D eigenvalue weighted by atomic mass is 9.87. The van der Waals surface area contributed by atoms with Crippen LogP contribution in [0.3, 0.4) is 0 Å². The molecule has 0 aliphatic carbocycles. The first-order valence-corrected chi connectivity index (χ1v) is 12.5. The van der Waals surface area contributed by atoms with Gasteiger partial charge in [0, 0.05) is 16.3 Å². The lowest BCUT2D eigenvalue weighted by Crippen LogP contribution is -2.15. The van der Waals surface area contributed by atoms with Gasteiger partial charge in [-0.3, -0.25) is 9.36 Å². The summed E-state index contributed by atoms with van der Waals surface area (Å²) < 4.78 is 1.97. The molecule has 0 aliphatic rings. The number of thioether (sulfide) groups is 1. The summed E-state index contributed by atoms with van der Waals surface area (Å²) in [6.07, 6.45) is 0. The topological polar surface area (TPSA) is 59.8 Å². The molecule has 0 saturated carbocycles. The van der Waals surface area contributed by atoms with E-state index in [2.05, 4.69) is 60.6 Å². The van der Waals surface area contributed by atoms with Gasteiger partial charge in [0.2, 0.25) is 5.91 Å². The van der Waals surface area contributed by atoms with Crippen LogP contribution in [0.25, 0.3) is 17.1 Å². The number of nitrogens with one attached hydrogen (secondary N) is 1. The zero-order valence-electron chi connectivity index (χ0n) is 19.0. The van der Waals surface area contributed by atoms with Gasteiger partial charge in [-0.05, 0) is 41.3 Å². The van der Waals surface area contributed by atoms with E-state index in [1.54, 1.807) is 18.2 Å². The molecule has 0 radical (unpaired) electrons. The predicted octanol–water partition coefficient (Wildman–Crippen LogP) is 7.27. The standard InChI is InChI=1S/C26H24Cl2N4OS/c1-26(2,3)18-11-9-17(10-12-18)24-30-31-25(32(24)20-7-5-4-6-8-20)34-16-23(33)29-22-15-19(27)13-14-21(22)28/h4-15H,16H2,1-3H3,(H,29,33). The molecule has 0 aliphatic heterocycles. The Morgan fingerprint density at radius 3 is 2.35 bits per heavy atom. The summed E-state index contributed by atoms with van der Waals surface area (Å²) in [7, 11) is 0. The molecule has 4 aromatic rings. The van der Waals surface area contributed by atoms with Crippen LogP contribution in [-0.2, 0) is 10.2 Å². The predicted molar refractivity (Wildman–Crippen MR) is 141 cm³/mol. The largest absolute Gasteiger partial charge is 0.324 e. The Bertz CT molecular complexity index is 1300. The van der Waals surface area contributed by atoms with E-state index < -0.39 is 0 Å².